The van der Waals surface area contributed by atoms with E-state index < -0.39 is 0 Å². The minimum Gasteiger partial charge on any atom is -0.393 e. The van der Waals surface area contributed by atoms with E-state index in [0.717, 1.165) is 24.2 Å². The molecule has 0 saturated carbocycles. The molecule has 0 bridgehead atoms. The largest absolute Gasteiger partial charge is 0.393 e. The zero-order valence-corrected chi connectivity index (χ0v) is 10.8. The van der Waals surface area contributed by atoms with Crippen molar-refractivity contribution >= 4 is 0 Å². The molecule has 1 N–H and O–H groups in total. The summed E-state index contributed by atoms with van der Waals surface area (Å²) in [5.74, 6) is 0. The average molecular weight is 242 g/mol. The molecule has 3 nitrogen and oxygen atoms in total. The fraction of sp³-hybridized carbons (Fsp3) is 0.333. The molecular weight excluding hydrogens is 224 g/mol. The van der Waals surface area contributed by atoms with Crippen LogP contribution in [0, 0.1) is 6.92 Å². The van der Waals surface area contributed by atoms with Crippen LogP contribution >= 0.6 is 0 Å². The lowest BCUT2D eigenvalue weighted by atomic mass is 10.1. The SMILES string of the molecule is Cc1ccnc(-c2cc(CC[C@H](C)O)ccn2)c1. The third-order valence-corrected chi connectivity index (χ3v) is 2.85. The summed E-state index contributed by atoms with van der Waals surface area (Å²) in [5, 5.41) is 9.31. The Balaban J connectivity index is 2.21. The number of aryl methyl sites for hydroxylation is 2. The third kappa shape index (κ3) is 3.37. The number of aliphatic hydroxyl groups is 1. The number of pyridine rings is 2. The average Bonchev–Trinajstić information content (AvgIpc) is 2.37. The van der Waals surface area contributed by atoms with Gasteiger partial charge in [-0.05, 0) is 62.1 Å². The van der Waals surface area contributed by atoms with Crippen molar-refractivity contribution in [3.63, 3.8) is 0 Å². The second-order valence-corrected chi connectivity index (χ2v) is 4.66. The van der Waals surface area contributed by atoms with E-state index in [0.29, 0.717) is 0 Å². The summed E-state index contributed by atoms with van der Waals surface area (Å²) in [7, 11) is 0. The third-order valence-electron chi connectivity index (χ3n) is 2.85. The van der Waals surface area contributed by atoms with Gasteiger partial charge >= 0.3 is 0 Å². The summed E-state index contributed by atoms with van der Waals surface area (Å²) in [5.41, 5.74) is 4.15. The minimum atomic E-state index is -0.265. The molecular formula is C15H18N2O. The van der Waals surface area contributed by atoms with Crippen molar-refractivity contribution < 1.29 is 5.11 Å². The predicted octanol–water partition coefficient (Wildman–Crippen LogP) is 2.77. The molecule has 0 aliphatic carbocycles. The molecule has 2 aromatic heterocycles. The van der Waals surface area contributed by atoms with E-state index in [4.69, 9.17) is 0 Å². The molecule has 0 radical (unpaired) electrons. The Bertz CT molecular complexity index is 523. The molecule has 94 valence electrons. The van der Waals surface area contributed by atoms with Crippen LogP contribution in [0.25, 0.3) is 11.4 Å². The van der Waals surface area contributed by atoms with Crippen molar-refractivity contribution in [1.29, 1.82) is 0 Å². The summed E-state index contributed by atoms with van der Waals surface area (Å²) >= 11 is 0. The van der Waals surface area contributed by atoms with Gasteiger partial charge in [-0.15, -0.1) is 0 Å². The fourth-order valence-electron chi connectivity index (χ4n) is 1.82. The first-order valence-electron chi connectivity index (χ1n) is 6.21. The van der Waals surface area contributed by atoms with Gasteiger partial charge in [0.15, 0.2) is 0 Å². The smallest absolute Gasteiger partial charge is 0.0888 e. The highest BCUT2D eigenvalue weighted by atomic mass is 16.3. The standard InChI is InChI=1S/C15H18N2O/c1-11-5-7-16-14(9-11)15-10-13(6-8-17-15)4-3-12(2)18/h5-10,12,18H,3-4H2,1-2H3/t12-/m0/s1. The van der Waals surface area contributed by atoms with Gasteiger partial charge in [-0.3, -0.25) is 9.97 Å². The molecule has 0 aliphatic rings. The van der Waals surface area contributed by atoms with Crippen LogP contribution in [0.15, 0.2) is 36.7 Å². The van der Waals surface area contributed by atoms with Gasteiger partial charge in [0.25, 0.3) is 0 Å². The van der Waals surface area contributed by atoms with Crippen LogP contribution in [0.2, 0.25) is 0 Å². The maximum absolute atomic E-state index is 9.31. The number of nitrogens with zero attached hydrogens (tertiary/aromatic N) is 2. The molecule has 0 amide bonds. The van der Waals surface area contributed by atoms with Crippen molar-refractivity contribution in [2.24, 2.45) is 0 Å². The molecule has 1 atom stereocenters. The van der Waals surface area contributed by atoms with E-state index in [1.165, 1.54) is 11.1 Å². The van der Waals surface area contributed by atoms with E-state index >= 15 is 0 Å². The predicted molar refractivity (Wildman–Crippen MR) is 72.2 cm³/mol. The second-order valence-electron chi connectivity index (χ2n) is 4.66. The molecule has 0 aromatic carbocycles. The quantitative estimate of drug-likeness (QED) is 0.896. The van der Waals surface area contributed by atoms with Crippen molar-refractivity contribution in [2.45, 2.75) is 32.8 Å². The van der Waals surface area contributed by atoms with Crippen LogP contribution in [0.4, 0.5) is 0 Å². The lowest BCUT2D eigenvalue weighted by Gasteiger charge is -2.06. The number of hydrogen-bond acceptors (Lipinski definition) is 3. The molecule has 0 unspecified atom stereocenters. The van der Waals surface area contributed by atoms with Gasteiger partial charge in [-0.1, -0.05) is 0 Å². The second kappa shape index (κ2) is 5.74. The summed E-state index contributed by atoms with van der Waals surface area (Å²) in [6.45, 7) is 3.85. The number of rotatable bonds is 4. The highest BCUT2D eigenvalue weighted by Crippen LogP contribution is 2.17. The van der Waals surface area contributed by atoms with Crippen LogP contribution in [0.1, 0.15) is 24.5 Å². The van der Waals surface area contributed by atoms with Gasteiger partial charge in [-0.2, -0.15) is 0 Å². The van der Waals surface area contributed by atoms with Gasteiger partial charge in [-0.25, -0.2) is 0 Å². The summed E-state index contributed by atoms with van der Waals surface area (Å²) in [6.07, 6.45) is 4.97. The Labute approximate surface area is 108 Å². The molecule has 2 heterocycles. The van der Waals surface area contributed by atoms with Crippen LogP contribution < -0.4 is 0 Å². The topological polar surface area (TPSA) is 46.0 Å². The van der Waals surface area contributed by atoms with Crippen molar-refractivity contribution in [3.8, 4) is 11.4 Å². The number of hydrogen-bond donors (Lipinski definition) is 1. The highest BCUT2D eigenvalue weighted by molar-refractivity contribution is 5.55. The molecule has 2 aromatic rings. The van der Waals surface area contributed by atoms with Crippen molar-refractivity contribution in [2.75, 3.05) is 0 Å². The fourth-order valence-corrected chi connectivity index (χ4v) is 1.82. The first-order valence-corrected chi connectivity index (χ1v) is 6.21. The van der Waals surface area contributed by atoms with Crippen LogP contribution in [-0.4, -0.2) is 21.2 Å². The maximum atomic E-state index is 9.31. The van der Waals surface area contributed by atoms with Crippen LogP contribution in [-0.2, 0) is 6.42 Å². The molecule has 2 rings (SSSR count). The van der Waals surface area contributed by atoms with Gasteiger partial charge in [0.2, 0.25) is 0 Å². The van der Waals surface area contributed by atoms with Gasteiger partial charge < -0.3 is 5.11 Å². The minimum absolute atomic E-state index is 0.265. The van der Waals surface area contributed by atoms with Crippen molar-refractivity contribution in [3.05, 3.63) is 47.8 Å². The molecule has 18 heavy (non-hydrogen) atoms. The van der Waals surface area contributed by atoms with E-state index in [1.54, 1.807) is 12.4 Å². The normalized spacial score (nSPS) is 12.4. The van der Waals surface area contributed by atoms with Crippen LogP contribution in [0.5, 0.6) is 0 Å². The lowest BCUT2D eigenvalue weighted by molar-refractivity contribution is 0.185. The summed E-state index contributed by atoms with van der Waals surface area (Å²) in [4.78, 5) is 8.69. The first-order chi connectivity index (χ1) is 8.65. The Kier molecular flexibility index (Phi) is 4.05. The van der Waals surface area contributed by atoms with Crippen LogP contribution in [0.3, 0.4) is 0 Å². The first kappa shape index (κ1) is 12.7. The zero-order chi connectivity index (χ0) is 13.0. The Morgan fingerprint density at radius 2 is 1.78 bits per heavy atom. The maximum Gasteiger partial charge on any atom is 0.0888 e. The van der Waals surface area contributed by atoms with E-state index in [1.807, 2.05) is 38.1 Å². The molecule has 0 saturated heterocycles. The molecule has 0 aliphatic heterocycles. The van der Waals surface area contributed by atoms with E-state index in [9.17, 15) is 5.11 Å². The Hall–Kier alpha value is -1.74. The number of aliphatic hydroxyl groups excluding tert-OH is 1. The van der Waals surface area contributed by atoms with E-state index in [2.05, 4.69) is 9.97 Å². The van der Waals surface area contributed by atoms with Gasteiger partial charge in [0.05, 0.1) is 17.5 Å². The Morgan fingerprint density at radius 1 is 1.11 bits per heavy atom. The summed E-state index contributed by atoms with van der Waals surface area (Å²) in [6, 6.07) is 8.04. The Morgan fingerprint density at radius 3 is 2.44 bits per heavy atom. The lowest BCUT2D eigenvalue weighted by Crippen LogP contribution is -2.01. The molecule has 0 fully saturated rings. The van der Waals surface area contributed by atoms with Crippen molar-refractivity contribution in [1.82, 2.24) is 9.97 Å². The molecule has 0 spiro atoms. The van der Waals surface area contributed by atoms with Gasteiger partial charge in [0.1, 0.15) is 0 Å². The highest BCUT2D eigenvalue weighted by Gasteiger charge is 2.04. The zero-order valence-electron chi connectivity index (χ0n) is 10.8. The van der Waals surface area contributed by atoms with Gasteiger partial charge in [0, 0.05) is 12.4 Å². The monoisotopic (exact) mass is 242 g/mol. The van der Waals surface area contributed by atoms with E-state index in [-0.39, 0.29) is 6.10 Å². The molecule has 3 heteroatoms. The summed E-state index contributed by atoms with van der Waals surface area (Å²) < 4.78 is 0. The number of aromatic nitrogens is 2.